The van der Waals surface area contributed by atoms with Crippen molar-refractivity contribution in [1.82, 2.24) is 14.7 Å². The molecular weight excluding hydrogens is 308 g/mol. The number of amides is 1. The predicted octanol–water partition coefficient (Wildman–Crippen LogP) is 1.83. The molecular formula is C17H24N4O3. The summed E-state index contributed by atoms with van der Waals surface area (Å²) in [6, 6.07) is 9.27. The van der Waals surface area contributed by atoms with Crippen molar-refractivity contribution in [3.05, 3.63) is 46.4 Å². The molecule has 0 aliphatic heterocycles. The van der Waals surface area contributed by atoms with Crippen LogP contribution < -0.4 is 16.6 Å². The summed E-state index contributed by atoms with van der Waals surface area (Å²) >= 11 is 0. The lowest BCUT2D eigenvalue weighted by molar-refractivity contribution is 0.0528. The zero-order valence-electron chi connectivity index (χ0n) is 14.5. The first-order valence-electron chi connectivity index (χ1n) is 7.79. The van der Waals surface area contributed by atoms with E-state index >= 15 is 0 Å². The zero-order chi connectivity index (χ0) is 17.9. The molecule has 1 amide bonds. The number of benzene rings is 1. The maximum atomic E-state index is 12.4. The molecule has 0 aliphatic carbocycles. The lowest BCUT2D eigenvalue weighted by Gasteiger charge is -2.19. The first-order chi connectivity index (χ1) is 11.2. The Bertz CT molecular complexity index is 770. The van der Waals surface area contributed by atoms with Crippen LogP contribution in [0.3, 0.4) is 0 Å². The Morgan fingerprint density at radius 1 is 1.25 bits per heavy atom. The highest BCUT2D eigenvalue weighted by Gasteiger charge is 2.18. The molecule has 7 heteroatoms. The maximum Gasteiger partial charge on any atom is 0.407 e. The number of carbonyl (C=O) groups excluding carboxylic acids is 1. The van der Waals surface area contributed by atoms with Crippen LogP contribution in [0.15, 0.2) is 35.1 Å². The van der Waals surface area contributed by atoms with Crippen LogP contribution in [-0.2, 0) is 18.2 Å². The molecule has 2 rings (SSSR count). The smallest absolute Gasteiger partial charge is 0.407 e. The van der Waals surface area contributed by atoms with Crippen LogP contribution in [0.4, 0.5) is 10.5 Å². The molecule has 0 saturated heterocycles. The fraction of sp³-hybridized carbons (Fsp3) is 0.412. The van der Waals surface area contributed by atoms with E-state index in [4.69, 9.17) is 10.5 Å². The molecule has 0 atom stereocenters. The highest BCUT2D eigenvalue weighted by atomic mass is 16.6. The molecule has 0 saturated carbocycles. The van der Waals surface area contributed by atoms with Gasteiger partial charge in [0, 0.05) is 20.0 Å². The van der Waals surface area contributed by atoms with Crippen molar-refractivity contribution < 1.29 is 9.53 Å². The van der Waals surface area contributed by atoms with Crippen molar-refractivity contribution in [3.8, 4) is 5.69 Å². The fourth-order valence-corrected chi connectivity index (χ4v) is 2.42. The average Bonchev–Trinajstić information content (AvgIpc) is 2.70. The highest BCUT2D eigenvalue weighted by Crippen LogP contribution is 2.13. The molecule has 0 aliphatic rings. The molecule has 0 radical (unpaired) electrons. The van der Waals surface area contributed by atoms with E-state index in [1.807, 2.05) is 30.3 Å². The lowest BCUT2D eigenvalue weighted by atomic mass is 10.2. The van der Waals surface area contributed by atoms with Gasteiger partial charge in [0.15, 0.2) is 0 Å². The van der Waals surface area contributed by atoms with Crippen LogP contribution in [0.5, 0.6) is 0 Å². The quantitative estimate of drug-likeness (QED) is 0.893. The van der Waals surface area contributed by atoms with Crippen LogP contribution in [0.2, 0.25) is 0 Å². The highest BCUT2D eigenvalue weighted by molar-refractivity contribution is 5.67. The second-order valence-electron chi connectivity index (χ2n) is 6.52. The van der Waals surface area contributed by atoms with E-state index in [0.717, 1.165) is 5.69 Å². The van der Waals surface area contributed by atoms with Gasteiger partial charge in [-0.25, -0.2) is 9.48 Å². The minimum absolute atomic E-state index is 0.187. The first-order valence-corrected chi connectivity index (χ1v) is 7.79. The number of nitrogens with one attached hydrogen (secondary N) is 1. The molecule has 0 spiro atoms. The summed E-state index contributed by atoms with van der Waals surface area (Å²) in [5.41, 5.74) is 6.74. The monoisotopic (exact) mass is 332 g/mol. The number of aromatic nitrogens is 2. The summed E-state index contributed by atoms with van der Waals surface area (Å²) < 4.78 is 8.40. The Morgan fingerprint density at radius 2 is 1.88 bits per heavy atom. The van der Waals surface area contributed by atoms with E-state index in [-0.39, 0.29) is 11.2 Å². The molecule has 1 aromatic carbocycles. The summed E-state index contributed by atoms with van der Waals surface area (Å²) in [6.07, 6.45) is -0.0648. The van der Waals surface area contributed by atoms with Crippen molar-refractivity contribution in [1.29, 1.82) is 0 Å². The molecule has 1 aromatic heterocycles. The number of para-hydroxylation sites is 1. The van der Waals surface area contributed by atoms with Gasteiger partial charge in [0.2, 0.25) is 0 Å². The second kappa shape index (κ2) is 6.82. The van der Waals surface area contributed by atoms with E-state index in [9.17, 15) is 9.59 Å². The van der Waals surface area contributed by atoms with Gasteiger partial charge in [0.1, 0.15) is 11.3 Å². The number of nitrogen functional groups attached to an aromatic ring is 1. The van der Waals surface area contributed by atoms with Crippen molar-refractivity contribution in [2.75, 3.05) is 12.3 Å². The van der Waals surface area contributed by atoms with Crippen molar-refractivity contribution in [2.45, 2.75) is 32.8 Å². The average molecular weight is 332 g/mol. The van der Waals surface area contributed by atoms with Crippen molar-refractivity contribution in [2.24, 2.45) is 7.05 Å². The maximum absolute atomic E-state index is 12.4. The molecule has 2 aromatic rings. The SMILES string of the molecule is Cn1c(CCNC(=O)OC(C)(C)C)c(N)c(=O)n1-c1ccccc1. The first kappa shape index (κ1) is 17.7. The van der Waals surface area contributed by atoms with Crippen molar-refractivity contribution in [3.63, 3.8) is 0 Å². The standard InChI is InChI=1S/C17H24N4O3/c1-17(2,3)24-16(23)19-11-10-13-14(18)15(22)21(20(13)4)12-8-6-5-7-9-12/h5-9H,10-11,18H2,1-4H3,(H,19,23). The number of hydrogen-bond acceptors (Lipinski definition) is 4. The summed E-state index contributed by atoms with van der Waals surface area (Å²) in [4.78, 5) is 24.1. The third-order valence-corrected chi connectivity index (χ3v) is 3.46. The number of carbonyl (C=O) groups is 1. The van der Waals surface area contributed by atoms with Gasteiger partial charge in [0.25, 0.3) is 5.56 Å². The summed E-state index contributed by atoms with van der Waals surface area (Å²) in [5, 5.41) is 2.67. The summed E-state index contributed by atoms with van der Waals surface area (Å²) in [5.74, 6) is 0. The lowest BCUT2D eigenvalue weighted by Crippen LogP contribution is -2.33. The number of rotatable bonds is 4. The predicted molar refractivity (Wildman–Crippen MR) is 93.4 cm³/mol. The van der Waals surface area contributed by atoms with Gasteiger partial charge in [-0.3, -0.25) is 9.48 Å². The van der Waals surface area contributed by atoms with Crippen LogP contribution in [-0.4, -0.2) is 27.6 Å². The van der Waals surface area contributed by atoms with Gasteiger partial charge in [-0.15, -0.1) is 0 Å². The van der Waals surface area contributed by atoms with E-state index in [1.54, 1.807) is 32.5 Å². The number of nitrogens with two attached hydrogens (primary N) is 1. The number of nitrogens with zero attached hydrogens (tertiary/aromatic N) is 2. The number of anilines is 1. The summed E-state index contributed by atoms with van der Waals surface area (Å²) in [7, 11) is 1.77. The number of hydrogen-bond donors (Lipinski definition) is 2. The zero-order valence-corrected chi connectivity index (χ0v) is 14.5. The second-order valence-corrected chi connectivity index (χ2v) is 6.52. The Hall–Kier alpha value is -2.70. The van der Waals surface area contributed by atoms with Crippen LogP contribution in [0.25, 0.3) is 5.69 Å². The van der Waals surface area contributed by atoms with E-state index in [2.05, 4.69) is 5.32 Å². The van der Waals surface area contributed by atoms with Gasteiger partial charge in [-0.1, -0.05) is 18.2 Å². The molecule has 0 fully saturated rings. The van der Waals surface area contributed by atoms with Gasteiger partial charge in [0.05, 0.1) is 11.4 Å². The van der Waals surface area contributed by atoms with Gasteiger partial charge in [-0.05, 0) is 32.9 Å². The van der Waals surface area contributed by atoms with E-state index in [1.165, 1.54) is 4.68 Å². The third kappa shape index (κ3) is 3.98. The van der Waals surface area contributed by atoms with Crippen LogP contribution in [0, 0.1) is 0 Å². The molecule has 7 nitrogen and oxygen atoms in total. The third-order valence-electron chi connectivity index (χ3n) is 3.46. The molecule has 0 bridgehead atoms. The number of alkyl carbamates (subject to hydrolysis) is 1. The minimum Gasteiger partial charge on any atom is -0.444 e. The largest absolute Gasteiger partial charge is 0.444 e. The molecule has 3 N–H and O–H groups in total. The summed E-state index contributed by atoms with van der Waals surface area (Å²) in [6.45, 7) is 5.72. The van der Waals surface area contributed by atoms with E-state index in [0.29, 0.717) is 18.7 Å². The Balaban J connectivity index is 2.13. The molecule has 24 heavy (non-hydrogen) atoms. The molecule has 130 valence electrons. The minimum atomic E-state index is -0.549. The normalized spacial score (nSPS) is 11.3. The van der Waals surface area contributed by atoms with Gasteiger partial charge < -0.3 is 15.8 Å². The van der Waals surface area contributed by atoms with Crippen LogP contribution in [0.1, 0.15) is 26.5 Å². The molecule has 0 unspecified atom stereocenters. The Kier molecular flexibility index (Phi) is 5.02. The topological polar surface area (TPSA) is 91.3 Å². The van der Waals surface area contributed by atoms with Gasteiger partial charge in [-0.2, -0.15) is 0 Å². The Labute approximate surface area is 141 Å². The fourth-order valence-electron chi connectivity index (χ4n) is 2.42. The van der Waals surface area contributed by atoms with E-state index < -0.39 is 11.7 Å². The van der Waals surface area contributed by atoms with Crippen molar-refractivity contribution >= 4 is 11.8 Å². The Morgan fingerprint density at radius 3 is 2.46 bits per heavy atom. The molecule has 1 heterocycles. The number of ether oxygens (including phenoxy) is 1. The van der Waals surface area contributed by atoms with Crippen LogP contribution >= 0.6 is 0 Å². The van der Waals surface area contributed by atoms with Gasteiger partial charge >= 0.3 is 6.09 Å².